The van der Waals surface area contributed by atoms with E-state index in [0.29, 0.717) is 6.54 Å². The van der Waals surface area contributed by atoms with Gasteiger partial charge in [-0.1, -0.05) is 6.07 Å². The van der Waals surface area contributed by atoms with Crippen LogP contribution in [0.5, 0.6) is 0 Å². The van der Waals surface area contributed by atoms with E-state index in [9.17, 15) is 9.90 Å². The molecular weight excluding hydrogens is 190 g/mol. The second-order valence-corrected chi connectivity index (χ2v) is 4.13. The number of aliphatic hydroxyl groups excluding tert-OH is 1. The maximum atomic E-state index is 11.5. The third-order valence-electron chi connectivity index (χ3n) is 2.91. The number of carbonyl (C=O) groups excluding carboxylic acids is 1. The van der Waals surface area contributed by atoms with Gasteiger partial charge in [-0.25, -0.2) is 0 Å². The van der Waals surface area contributed by atoms with Crippen LogP contribution in [0.25, 0.3) is 0 Å². The Kier molecular flexibility index (Phi) is 2.49. The largest absolute Gasteiger partial charge is 0.391 e. The molecule has 1 aliphatic heterocycles. The van der Waals surface area contributed by atoms with Crippen molar-refractivity contribution in [3.63, 3.8) is 0 Å². The van der Waals surface area contributed by atoms with Gasteiger partial charge in [0, 0.05) is 5.69 Å². The third kappa shape index (κ3) is 1.88. The molecule has 0 aliphatic carbocycles. The molecule has 0 bridgehead atoms. The molecule has 80 valence electrons. The highest BCUT2D eigenvalue weighted by Crippen LogP contribution is 2.23. The van der Waals surface area contributed by atoms with Crippen molar-refractivity contribution in [1.82, 2.24) is 0 Å². The Hall–Kier alpha value is -1.35. The van der Waals surface area contributed by atoms with Gasteiger partial charge >= 0.3 is 0 Å². The predicted molar refractivity (Wildman–Crippen MR) is 58.9 cm³/mol. The fourth-order valence-corrected chi connectivity index (χ4v) is 1.83. The monoisotopic (exact) mass is 205 g/mol. The first-order valence-electron chi connectivity index (χ1n) is 5.13. The van der Waals surface area contributed by atoms with E-state index in [0.717, 1.165) is 5.69 Å². The number of carbonyl (C=O) groups is 1. The van der Waals surface area contributed by atoms with Crippen LogP contribution < -0.4 is 4.90 Å². The Bertz CT molecular complexity index is 401. The SMILES string of the molecule is Cc1ccc(N2CC(O)CC2=O)cc1C. The van der Waals surface area contributed by atoms with Gasteiger partial charge in [-0.2, -0.15) is 0 Å². The van der Waals surface area contributed by atoms with Crippen molar-refractivity contribution in [3.05, 3.63) is 29.3 Å². The van der Waals surface area contributed by atoms with Gasteiger partial charge in [0.2, 0.25) is 5.91 Å². The lowest BCUT2D eigenvalue weighted by Gasteiger charge is -2.17. The molecule has 1 atom stereocenters. The van der Waals surface area contributed by atoms with Crippen LogP contribution in [0.3, 0.4) is 0 Å². The van der Waals surface area contributed by atoms with Crippen molar-refractivity contribution < 1.29 is 9.90 Å². The van der Waals surface area contributed by atoms with Crippen molar-refractivity contribution >= 4 is 11.6 Å². The molecule has 0 aromatic heterocycles. The number of rotatable bonds is 1. The lowest BCUT2D eigenvalue weighted by atomic mass is 10.1. The molecular formula is C12H15NO2. The Labute approximate surface area is 89.3 Å². The van der Waals surface area contributed by atoms with Gasteiger partial charge in [-0.15, -0.1) is 0 Å². The van der Waals surface area contributed by atoms with Gasteiger partial charge in [0.25, 0.3) is 0 Å². The van der Waals surface area contributed by atoms with E-state index in [1.807, 2.05) is 32.0 Å². The van der Waals surface area contributed by atoms with E-state index in [4.69, 9.17) is 0 Å². The van der Waals surface area contributed by atoms with E-state index in [-0.39, 0.29) is 12.3 Å². The fourth-order valence-electron chi connectivity index (χ4n) is 1.83. The molecule has 1 aromatic rings. The van der Waals surface area contributed by atoms with Crippen molar-refractivity contribution in [2.45, 2.75) is 26.4 Å². The van der Waals surface area contributed by atoms with Gasteiger partial charge in [-0.3, -0.25) is 4.79 Å². The zero-order chi connectivity index (χ0) is 11.0. The second kappa shape index (κ2) is 3.66. The van der Waals surface area contributed by atoms with Gasteiger partial charge < -0.3 is 10.0 Å². The average Bonchev–Trinajstić information content (AvgIpc) is 2.50. The molecule has 1 amide bonds. The number of nitrogens with zero attached hydrogens (tertiary/aromatic N) is 1. The number of anilines is 1. The van der Waals surface area contributed by atoms with Crippen molar-refractivity contribution in [3.8, 4) is 0 Å². The zero-order valence-electron chi connectivity index (χ0n) is 9.03. The Balaban J connectivity index is 2.30. The Morgan fingerprint density at radius 3 is 2.60 bits per heavy atom. The van der Waals surface area contributed by atoms with Crippen molar-refractivity contribution in [2.24, 2.45) is 0 Å². The molecule has 1 unspecified atom stereocenters. The molecule has 0 saturated carbocycles. The zero-order valence-corrected chi connectivity index (χ0v) is 9.03. The van der Waals surface area contributed by atoms with E-state index in [1.165, 1.54) is 11.1 Å². The Morgan fingerprint density at radius 1 is 1.33 bits per heavy atom. The maximum absolute atomic E-state index is 11.5. The smallest absolute Gasteiger partial charge is 0.229 e. The number of hydrogen-bond acceptors (Lipinski definition) is 2. The van der Waals surface area contributed by atoms with Crippen molar-refractivity contribution in [2.75, 3.05) is 11.4 Å². The predicted octanol–water partition coefficient (Wildman–Crippen LogP) is 1.40. The average molecular weight is 205 g/mol. The Morgan fingerprint density at radius 2 is 2.07 bits per heavy atom. The number of aryl methyl sites for hydroxylation is 2. The highest BCUT2D eigenvalue weighted by molar-refractivity contribution is 5.96. The molecule has 1 aliphatic rings. The highest BCUT2D eigenvalue weighted by atomic mass is 16.3. The second-order valence-electron chi connectivity index (χ2n) is 4.13. The van der Waals surface area contributed by atoms with E-state index in [1.54, 1.807) is 4.90 Å². The molecule has 3 nitrogen and oxygen atoms in total. The molecule has 3 heteroatoms. The summed E-state index contributed by atoms with van der Waals surface area (Å²) < 4.78 is 0. The van der Waals surface area contributed by atoms with Crippen LogP contribution in [0, 0.1) is 13.8 Å². The molecule has 2 rings (SSSR count). The van der Waals surface area contributed by atoms with Crippen LogP contribution in [-0.2, 0) is 4.79 Å². The van der Waals surface area contributed by atoms with Crippen LogP contribution in [-0.4, -0.2) is 23.7 Å². The molecule has 0 spiro atoms. The summed E-state index contributed by atoms with van der Waals surface area (Å²) in [5.74, 6) is 0.00533. The minimum absolute atomic E-state index is 0.00533. The van der Waals surface area contributed by atoms with Crippen LogP contribution in [0.2, 0.25) is 0 Å². The van der Waals surface area contributed by atoms with Crippen LogP contribution in [0.15, 0.2) is 18.2 Å². The van der Waals surface area contributed by atoms with E-state index in [2.05, 4.69) is 0 Å². The normalized spacial score (nSPS) is 21.1. The molecule has 0 radical (unpaired) electrons. The number of β-amino-alcohol motifs (C(OH)–C–C–N with tert-alkyl or cyclic N) is 1. The molecule has 1 N–H and O–H groups in total. The summed E-state index contributed by atoms with van der Waals surface area (Å²) in [6.45, 7) is 4.48. The fraction of sp³-hybridized carbons (Fsp3) is 0.417. The first kappa shape index (κ1) is 10.2. The number of hydrogen-bond donors (Lipinski definition) is 1. The molecule has 1 aromatic carbocycles. The summed E-state index contributed by atoms with van der Waals surface area (Å²) in [7, 11) is 0. The maximum Gasteiger partial charge on any atom is 0.229 e. The molecule has 15 heavy (non-hydrogen) atoms. The minimum atomic E-state index is -0.515. The van der Waals surface area contributed by atoms with Gasteiger partial charge in [0.05, 0.1) is 19.1 Å². The minimum Gasteiger partial charge on any atom is -0.391 e. The molecule has 1 fully saturated rings. The number of benzene rings is 1. The standard InChI is InChI=1S/C12H15NO2/c1-8-3-4-10(5-9(8)2)13-7-11(14)6-12(13)15/h3-5,11,14H,6-7H2,1-2H3. The summed E-state index contributed by atoms with van der Waals surface area (Å²) in [6.07, 6.45) is -0.272. The van der Waals surface area contributed by atoms with Gasteiger partial charge in [0.15, 0.2) is 0 Å². The third-order valence-corrected chi connectivity index (χ3v) is 2.91. The van der Waals surface area contributed by atoms with Crippen molar-refractivity contribution in [1.29, 1.82) is 0 Å². The van der Waals surface area contributed by atoms with Crippen LogP contribution in [0.4, 0.5) is 5.69 Å². The van der Waals surface area contributed by atoms with Gasteiger partial charge in [-0.05, 0) is 37.1 Å². The topological polar surface area (TPSA) is 40.5 Å². The quantitative estimate of drug-likeness (QED) is 0.753. The summed E-state index contributed by atoms with van der Waals surface area (Å²) in [5, 5.41) is 9.39. The first-order valence-corrected chi connectivity index (χ1v) is 5.13. The van der Waals surface area contributed by atoms with Crippen LogP contribution >= 0.6 is 0 Å². The van der Waals surface area contributed by atoms with E-state index < -0.39 is 6.10 Å². The highest BCUT2D eigenvalue weighted by Gasteiger charge is 2.28. The van der Waals surface area contributed by atoms with Crippen LogP contribution in [0.1, 0.15) is 17.5 Å². The summed E-state index contributed by atoms with van der Waals surface area (Å²) >= 11 is 0. The van der Waals surface area contributed by atoms with E-state index >= 15 is 0 Å². The summed E-state index contributed by atoms with van der Waals surface area (Å²) in [4.78, 5) is 13.2. The number of aliphatic hydroxyl groups is 1. The first-order chi connectivity index (χ1) is 7.08. The summed E-state index contributed by atoms with van der Waals surface area (Å²) in [6, 6.07) is 5.92. The lowest BCUT2D eigenvalue weighted by Crippen LogP contribution is -2.25. The van der Waals surface area contributed by atoms with Gasteiger partial charge in [0.1, 0.15) is 0 Å². The molecule has 1 heterocycles. The molecule has 1 saturated heterocycles. The summed E-state index contributed by atoms with van der Waals surface area (Å²) in [5.41, 5.74) is 3.27. The lowest BCUT2D eigenvalue weighted by molar-refractivity contribution is -0.117. The number of amides is 1.